The molecule has 0 fully saturated rings. The maximum atomic E-state index is 12.3. The number of aryl methyl sites for hydroxylation is 1. The lowest BCUT2D eigenvalue weighted by molar-refractivity contribution is 0.0383. The summed E-state index contributed by atoms with van der Waals surface area (Å²) < 4.78 is 5.34. The quantitative estimate of drug-likeness (QED) is 0.670. The summed E-state index contributed by atoms with van der Waals surface area (Å²) in [5, 5.41) is 4.32. The van der Waals surface area contributed by atoms with Gasteiger partial charge in [-0.3, -0.25) is 0 Å². The maximum absolute atomic E-state index is 12.3. The van der Waals surface area contributed by atoms with Crippen LogP contribution >= 0.6 is 11.3 Å². The van der Waals surface area contributed by atoms with Crippen molar-refractivity contribution in [2.24, 2.45) is 0 Å². The molecule has 0 saturated carbocycles. The fourth-order valence-corrected chi connectivity index (χ4v) is 3.71. The van der Waals surface area contributed by atoms with Crippen molar-refractivity contribution in [1.29, 1.82) is 0 Å². The number of anilines is 1. The second-order valence-electron chi connectivity index (χ2n) is 6.19. The number of hydrogen-bond donors (Lipinski definition) is 1. The van der Waals surface area contributed by atoms with Gasteiger partial charge in [0.2, 0.25) is 0 Å². The molecule has 0 amide bonds. The molecule has 2 aromatic heterocycles. The third kappa shape index (κ3) is 3.64. The highest BCUT2D eigenvalue weighted by Crippen LogP contribution is 2.35. The standard InChI is InChI=1S/C19H21N3O2S/c1-11(2)24-19(23)16-12(3)15-17(20-10-21-18(15)25-16)22-13(4)14-8-6-5-7-9-14/h5-11,13H,1-4H3,(H,20,21,22). The Morgan fingerprint density at radius 1 is 1.16 bits per heavy atom. The summed E-state index contributed by atoms with van der Waals surface area (Å²) in [4.78, 5) is 22.4. The summed E-state index contributed by atoms with van der Waals surface area (Å²) in [5.41, 5.74) is 2.02. The van der Waals surface area contributed by atoms with E-state index >= 15 is 0 Å². The van der Waals surface area contributed by atoms with E-state index < -0.39 is 0 Å². The molecule has 0 bridgehead atoms. The first-order chi connectivity index (χ1) is 12.0. The van der Waals surface area contributed by atoms with Crippen molar-refractivity contribution in [2.45, 2.75) is 39.8 Å². The van der Waals surface area contributed by atoms with E-state index in [0.717, 1.165) is 21.6 Å². The van der Waals surface area contributed by atoms with Gasteiger partial charge in [0.15, 0.2) is 0 Å². The average Bonchev–Trinajstić information content (AvgIpc) is 2.93. The summed E-state index contributed by atoms with van der Waals surface area (Å²) in [7, 11) is 0. The molecule has 0 spiro atoms. The minimum absolute atomic E-state index is 0.0877. The molecule has 3 aromatic rings. The normalized spacial score (nSPS) is 12.4. The highest BCUT2D eigenvalue weighted by atomic mass is 32.1. The van der Waals surface area contributed by atoms with Gasteiger partial charge < -0.3 is 10.1 Å². The van der Waals surface area contributed by atoms with Crippen LogP contribution in [-0.2, 0) is 4.74 Å². The van der Waals surface area contributed by atoms with Crippen LogP contribution in [0.4, 0.5) is 5.82 Å². The molecule has 1 unspecified atom stereocenters. The second kappa shape index (κ2) is 7.19. The summed E-state index contributed by atoms with van der Waals surface area (Å²) in [6, 6.07) is 10.3. The van der Waals surface area contributed by atoms with Crippen LogP contribution in [0.2, 0.25) is 0 Å². The number of carbonyl (C=O) groups excluding carboxylic acids is 1. The molecule has 25 heavy (non-hydrogen) atoms. The summed E-state index contributed by atoms with van der Waals surface area (Å²) >= 11 is 1.35. The summed E-state index contributed by atoms with van der Waals surface area (Å²) in [5.74, 6) is 0.427. The van der Waals surface area contributed by atoms with Crippen molar-refractivity contribution in [3.8, 4) is 0 Å². The molecule has 5 nitrogen and oxygen atoms in total. The maximum Gasteiger partial charge on any atom is 0.348 e. The molecule has 0 aliphatic heterocycles. The Morgan fingerprint density at radius 3 is 2.56 bits per heavy atom. The van der Waals surface area contributed by atoms with E-state index in [4.69, 9.17) is 4.74 Å². The molecule has 2 heterocycles. The molecule has 130 valence electrons. The zero-order valence-electron chi connectivity index (χ0n) is 14.7. The van der Waals surface area contributed by atoms with E-state index in [1.807, 2.05) is 39.0 Å². The van der Waals surface area contributed by atoms with E-state index in [-0.39, 0.29) is 18.1 Å². The van der Waals surface area contributed by atoms with Crippen LogP contribution in [0.5, 0.6) is 0 Å². The second-order valence-corrected chi connectivity index (χ2v) is 7.19. The molecule has 1 aromatic carbocycles. The van der Waals surface area contributed by atoms with Gasteiger partial charge in [0.25, 0.3) is 0 Å². The highest BCUT2D eigenvalue weighted by molar-refractivity contribution is 7.20. The van der Waals surface area contributed by atoms with Crippen LogP contribution in [0.3, 0.4) is 0 Å². The molecular weight excluding hydrogens is 334 g/mol. The van der Waals surface area contributed by atoms with Crippen molar-refractivity contribution >= 4 is 33.3 Å². The van der Waals surface area contributed by atoms with Crippen molar-refractivity contribution in [1.82, 2.24) is 9.97 Å². The smallest absolute Gasteiger partial charge is 0.348 e. The van der Waals surface area contributed by atoms with Crippen LogP contribution in [0, 0.1) is 6.92 Å². The van der Waals surface area contributed by atoms with Crippen molar-refractivity contribution in [3.63, 3.8) is 0 Å². The molecular formula is C19H21N3O2S. The number of thiophene rings is 1. The lowest BCUT2D eigenvalue weighted by Crippen LogP contribution is -2.11. The van der Waals surface area contributed by atoms with Crippen LogP contribution in [0.25, 0.3) is 10.2 Å². The molecule has 0 saturated heterocycles. The number of ether oxygens (including phenoxy) is 1. The van der Waals surface area contributed by atoms with E-state index in [1.54, 1.807) is 0 Å². The first kappa shape index (κ1) is 17.4. The Kier molecular flexibility index (Phi) is 4.99. The largest absolute Gasteiger partial charge is 0.459 e. The first-order valence-corrected chi connectivity index (χ1v) is 9.05. The van der Waals surface area contributed by atoms with Gasteiger partial charge >= 0.3 is 5.97 Å². The van der Waals surface area contributed by atoms with Gasteiger partial charge in [-0.2, -0.15) is 0 Å². The summed E-state index contributed by atoms with van der Waals surface area (Å²) in [6.45, 7) is 7.68. The number of benzene rings is 1. The topological polar surface area (TPSA) is 64.1 Å². The van der Waals surface area contributed by atoms with Gasteiger partial charge in [-0.15, -0.1) is 11.3 Å². The lowest BCUT2D eigenvalue weighted by Gasteiger charge is -2.15. The van der Waals surface area contributed by atoms with E-state index in [2.05, 4.69) is 34.3 Å². The number of nitrogens with zero attached hydrogens (tertiary/aromatic N) is 2. The van der Waals surface area contributed by atoms with E-state index in [1.165, 1.54) is 23.2 Å². The molecule has 3 rings (SSSR count). The molecule has 0 radical (unpaired) electrons. The Morgan fingerprint density at radius 2 is 1.88 bits per heavy atom. The van der Waals surface area contributed by atoms with Gasteiger partial charge in [0.1, 0.15) is 21.9 Å². The van der Waals surface area contributed by atoms with Gasteiger partial charge in [-0.05, 0) is 38.8 Å². The van der Waals surface area contributed by atoms with Gasteiger partial charge in [0, 0.05) is 6.04 Å². The zero-order chi connectivity index (χ0) is 18.0. The monoisotopic (exact) mass is 355 g/mol. The average molecular weight is 355 g/mol. The number of nitrogens with one attached hydrogen (secondary N) is 1. The lowest BCUT2D eigenvalue weighted by atomic mass is 10.1. The number of rotatable bonds is 5. The SMILES string of the molecule is Cc1c(C(=O)OC(C)C)sc2ncnc(NC(C)c3ccccc3)c12. The highest BCUT2D eigenvalue weighted by Gasteiger charge is 2.21. The fourth-order valence-electron chi connectivity index (χ4n) is 2.67. The molecule has 1 atom stereocenters. The van der Waals surface area contributed by atoms with Crippen molar-refractivity contribution in [2.75, 3.05) is 5.32 Å². The van der Waals surface area contributed by atoms with Gasteiger partial charge in [-0.1, -0.05) is 30.3 Å². The van der Waals surface area contributed by atoms with Gasteiger partial charge in [-0.25, -0.2) is 14.8 Å². The number of aromatic nitrogens is 2. The predicted molar refractivity (Wildman–Crippen MR) is 101 cm³/mol. The van der Waals surface area contributed by atoms with Crippen LogP contribution in [-0.4, -0.2) is 22.0 Å². The first-order valence-electron chi connectivity index (χ1n) is 8.24. The number of carbonyl (C=O) groups is 1. The van der Waals surface area contributed by atoms with Crippen LogP contribution in [0.1, 0.15) is 47.6 Å². The molecule has 0 aliphatic rings. The number of fused-ring (bicyclic) bond motifs is 1. The Bertz CT molecular complexity index is 890. The third-order valence-corrected chi connectivity index (χ3v) is 5.09. The Balaban J connectivity index is 1.97. The van der Waals surface area contributed by atoms with E-state index in [9.17, 15) is 4.79 Å². The van der Waals surface area contributed by atoms with Crippen LogP contribution in [0.15, 0.2) is 36.7 Å². The Labute approximate surface area is 151 Å². The van der Waals surface area contributed by atoms with Gasteiger partial charge in [0.05, 0.1) is 11.5 Å². The predicted octanol–water partition coefficient (Wildman–Crippen LogP) is 4.74. The molecule has 1 N–H and O–H groups in total. The van der Waals surface area contributed by atoms with Crippen LogP contribution < -0.4 is 5.32 Å². The minimum atomic E-state index is -0.308. The summed E-state index contributed by atoms with van der Waals surface area (Å²) in [6.07, 6.45) is 1.37. The minimum Gasteiger partial charge on any atom is -0.459 e. The number of hydrogen-bond acceptors (Lipinski definition) is 6. The zero-order valence-corrected chi connectivity index (χ0v) is 15.6. The van der Waals surface area contributed by atoms with E-state index in [0.29, 0.717) is 4.88 Å². The van der Waals surface area contributed by atoms with Crippen molar-refractivity contribution in [3.05, 3.63) is 52.7 Å². The Hall–Kier alpha value is -2.47. The third-order valence-electron chi connectivity index (χ3n) is 3.91. The number of esters is 1. The molecule has 0 aliphatic carbocycles. The van der Waals surface area contributed by atoms with Crippen molar-refractivity contribution < 1.29 is 9.53 Å². The molecule has 6 heteroatoms. The fraction of sp³-hybridized carbons (Fsp3) is 0.316.